The van der Waals surface area contributed by atoms with E-state index in [1.54, 1.807) is 0 Å². The van der Waals surface area contributed by atoms with Gasteiger partial charge in [-0.1, -0.05) is 67.6 Å². The molecule has 2 aromatic rings. The molecule has 1 fully saturated rings. The lowest BCUT2D eigenvalue weighted by atomic mass is 9.90. The molecule has 0 spiro atoms. The predicted octanol–water partition coefficient (Wildman–Crippen LogP) is 3.61. The van der Waals surface area contributed by atoms with E-state index in [1.165, 1.54) is 11.1 Å². The number of hydrogen-bond acceptors (Lipinski definition) is 3. The summed E-state index contributed by atoms with van der Waals surface area (Å²) in [6, 6.07) is 21.4. The van der Waals surface area contributed by atoms with Gasteiger partial charge in [-0.15, -0.1) is 0 Å². The maximum atomic E-state index is 12.0. The van der Waals surface area contributed by atoms with Gasteiger partial charge in [-0.25, -0.2) is 13.1 Å². The second kappa shape index (κ2) is 9.49. The maximum Gasteiger partial charge on any atom is 0.211 e. The van der Waals surface area contributed by atoms with E-state index in [0.29, 0.717) is 12.3 Å². The van der Waals surface area contributed by atoms with E-state index in [-0.39, 0.29) is 11.8 Å². The van der Waals surface area contributed by atoms with Crippen LogP contribution in [-0.4, -0.2) is 44.7 Å². The number of benzene rings is 2. The summed E-state index contributed by atoms with van der Waals surface area (Å²) in [7, 11) is -3.13. The van der Waals surface area contributed by atoms with Crippen molar-refractivity contribution in [2.24, 2.45) is 0 Å². The third-order valence-electron chi connectivity index (χ3n) is 5.25. The minimum Gasteiger partial charge on any atom is -0.302 e. The smallest absolute Gasteiger partial charge is 0.211 e. The van der Waals surface area contributed by atoms with Crippen LogP contribution in [0.15, 0.2) is 60.7 Å². The zero-order chi connectivity index (χ0) is 19.1. The first kappa shape index (κ1) is 20.1. The van der Waals surface area contributed by atoms with Crippen LogP contribution in [0.25, 0.3) is 0 Å². The molecular weight excluding hydrogens is 356 g/mol. The normalized spacial score (nSPS) is 16.7. The first-order valence-electron chi connectivity index (χ1n) is 9.89. The van der Waals surface area contributed by atoms with Crippen molar-refractivity contribution in [1.82, 2.24) is 9.62 Å². The molecule has 1 aliphatic rings. The van der Waals surface area contributed by atoms with Gasteiger partial charge >= 0.3 is 0 Å². The molecule has 0 atom stereocenters. The zero-order valence-corrected chi connectivity index (χ0v) is 16.9. The molecule has 146 valence electrons. The Morgan fingerprint density at radius 2 is 1.48 bits per heavy atom. The molecule has 0 radical (unpaired) electrons. The summed E-state index contributed by atoms with van der Waals surface area (Å²) in [5, 5.41) is 0. The van der Waals surface area contributed by atoms with Crippen LogP contribution in [0.2, 0.25) is 0 Å². The fourth-order valence-electron chi connectivity index (χ4n) is 3.85. The lowest BCUT2D eigenvalue weighted by Gasteiger charge is -2.34. The second-order valence-electron chi connectivity index (χ2n) is 7.39. The van der Waals surface area contributed by atoms with E-state index < -0.39 is 10.0 Å². The highest BCUT2D eigenvalue weighted by Crippen LogP contribution is 2.27. The number of nitrogens with one attached hydrogen (secondary N) is 1. The predicted molar refractivity (Wildman–Crippen MR) is 111 cm³/mol. The number of rotatable bonds is 8. The van der Waals surface area contributed by atoms with Crippen LogP contribution in [-0.2, 0) is 10.0 Å². The SMILES string of the molecule is CCCS(=O)(=O)NC1CCN(CC(c2ccccc2)c2ccccc2)CC1. The first-order valence-corrected chi connectivity index (χ1v) is 11.5. The van der Waals surface area contributed by atoms with Crippen molar-refractivity contribution in [2.45, 2.75) is 38.1 Å². The van der Waals surface area contributed by atoms with Crippen molar-refractivity contribution in [3.63, 3.8) is 0 Å². The third-order valence-corrected chi connectivity index (χ3v) is 6.89. The highest BCUT2D eigenvalue weighted by molar-refractivity contribution is 7.89. The largest absolute Gasteiger partial charge is 0.302 e. The molecule has 0 aromatic heterocycles. The molecule has 0 saturated carbocycles. The van der Waals surface area contributed by atoms with Gasteiger partial charge in [-0.05, 0) is 43.5 Å². The Bertz CT molecular complexity index is 746. The van der Waals surface area contributed by atoms with Gasteiger partial charge in [0.15, 0.2) is 0 Å². The second-order valence-corrected chi connectivity index (χ2v) is 9.26. The quantitative estimate of drug-likeness (QED) is 0.754. The molecule has 27 heavy (non-hydrogen) atoms. The van der Waals surface area contributed by atoms with Crippen molar-refractivity contribution in [3.05, 3.63) is 71.8 Å². The van der Waals surface area contributed by atoms with Crippen molar-refractivity contribution < 1.29 is 8.42 Å². The average Bonchev–Trinajstić information content (AvgIpc) is 2.68. The molecule has 1 N–H and O–H groups in total. The molecule has 1 saturated heterocycles. The molecule has 0 bridgehead atoms. The minimum absolute atomic E-state index is 0.0738. The molecule has 0 amide bonds. The number of piperidine rings is 1. The Kier molecular flexibility index (Phi) is 7.05. The Labute approximate surface area is 163 Å². The lowest BCUT2D eigenvalue weighted by Crippen LogP contribution is -2.46. The summed E-state index contributed by atoms with van der Waals surface area (Å²) in [5.41, 5.74) is 2.66. The Hall–Kier alpha value is -1.69. The van der Waals surface area contributed by atoms with Crippen LogP contribution in [0, 0.1) is 0 Å². The van der Waals surface area contributed by atoms with Crippen LogP contribution >= 0.6 is 0 Å². The number of likely N-dealkylation sites (tertiary alicyclic amines) is 1. The summed E-state index contributed by atoms with van der Waals surface area (Å²) >= 11 is 0. The Morgan fingerprint density at radius 3 is 1.96 bits per heavy atom. The summed E-state index contributed by atoms with van der Waals surface area (Å²) < 4.78 is 26.9. The van der Waals surface area contributed by atoms with Crippen LogP contribution in [0.3, 0.4) is 0 Å². The number of sulfonamides is 1. The molecule has 5 heteroatoms. The van der Waals surface area contributed by atoms with Gasteiger partial charge in [0.2, 0.25) is 10.0 Å². The van der Waals surface area contributed by atoms with E-state index in [0.717, 1.165) is 32.5 Å². The molecule has 0 unspecified atom stereocenters. The highest BCUT2D eigenvalue weighted by Gasteiger charge is 2.25. The molecule has 2 aromatic carbocycles. The van der Waals surface area contributed by atoms with Crippen LogP contribution in [0.4, 0.5) is 0 Å². The van der Waals surface area contributed by atoms with Gasteiger partial charge in [0.1, 0.15) is 0 Å². The summed E-state index contributed by atoms with van der Waals surface area (Å²) in [6.45, 7) is 4.71. The van der Waals surface area contributed by atoms with Gasteiger partial charge in [-0.2, -0.15) is 0 Å². The molecule has 0 aliphatic carbocycles. The Morgan fingerprint density at radius 1 is 0.963 bits per heavy atom. The zero-order valence-electron chi connectivity index (χ0n) is 16.0. The lowest BCUT2D eigenvalue weighted by molar-refractivity contribution is 0.202. The van der Waals surface area contributed by atoms with Gasteiger partial charge in [-0.3, -0.25) is 0 Å². The van der Waals surface area contributed by atoms with Gasteiger partial charge < -0.3 is 4.90 Å². The fourth-order valence-corrected chi connectivity index (χ4v) is 5.25. The first-order chi connectivity index (χ1) is 13.1. The van der Waals surface area contributed by atoms with E-state index in [1.807, 2.05) is 6.92 Å². The number of hydrogen-bond donors (Lipinski definition) is 1. The molecule has 3 rings (SSSR count). The molecule has 4 nitrogen and oxygen atoms in total. The summed E-state index contributed by atoms with van der Waals surface area (Å²) in [5.74, 6) is 0.554. The molecular formula is C22H30N2O2S. The number of nitrogens with zero attached hydrogens (tertiary/aromatic N) is 1. The summed E-state index contributed by atoms with van der Waals surface area (Å²) in [4.78, 5) is 2.47. The molecule has 1 heterocycles. The van der Waals surface area contributed by atoms with Gasteiger partial charge in [0.25, 0.3) is 0 Å². The maximum absolute atomic E-state index is 12.0. The van der Waals surface area contributed by atoms with Crippen molar-refractivity contribution in [1.29, 1.82) is 0 Å². The van der Waals surface area contributed by atoms with Crippen molar-refractivity contribution in [3.8, 4) is 0 Å². The summed E-state index contributed by atoms with van der Waals surface area (Å²) in [6.07, 6.45) is 2.41. The topological polar surface area (TPSA) is 49.4 Å². The van der Waals surface area contributed by atoms with Crippen LogP contribution in [0.1, 0.15) is 43.2 Å². The Balaban J connectivity index is 1.63. The van der Waals surface area contributed by atoms with Gasteiger partial charge in [0, 0.05) is 18.5 Å². The van der Waals surface area contributed by atoms with E-state index >= 15 is 0 Å². The fraction of sp³-hybridized carbons (Fsp3) is 0.455. The standard InChI is InChI=1S/C22H30N2O2S/c1-2-17-27(25,26)23-21-13-15-24(16-14-21)18-22(19-9-5-3-6-10-19)20-11-7-4-8-12-20/h3-12,21-23H,2,13-18H2,1H3. The highest BCUT2D eigenvalue weighted by atomic mass is 32.2. The van der Waals surface area contributed by atoms with E-state index in [4.69, 9.17) is 0 Å². The average molecular weight is 387 g/mol. The third kappa shape index (κ3) is 5.89. The van der Waals surface area contributed by atoms with Crippen LogP contribution in [0.5, 0.6) is 0 Å². The van der Waals surface area contributed by atoms with Crippen molar-refractivity contribution >= 4 is 10.0 Å². The van der Waals surface area contributed by atoms with E-state index in [9.17, 15) is 8.42 Å². The van der Waals surface area contributed by atoms with Crippen molar-refractivity contribution in [2.75, 3.05) is 25.4 Å². The minimum atomic E-state index is -3.13. The monoisotopic (exact) mass is 386 g/mol. The molecule has 1 aliphatic heterocycles. The van der Waals surface area contributed by atoms with Gasteiger partial charge in [0.05, 0.1) is 5.75 Å². The van der Waals surface area contributed by atoms with E-state index in [2.05, 4.69) is 70.3 Å². The van der Waals surface area contributed by atoms with Crippen LogP contribution < -0.4 is 4.72 Å².